The monoisotopic (exact) mass is 460 g/mol. The summed E-state index contributed by atoms with van der Waals surface area (Å²) in [6.45, 7) is 1.20. The highest BCUT2D eigenvalue weighted by Gasteiger charge is 2.41. The number of para-hydroxylation sites is 1. The smallest absolute Gasteiger partial charge is 0.268 e. The molecule has 2 fully saturated rings. The summed E-state index contributed by atoms with van der Waals surface area (Å²) in [6.07, 6.45) is 3.35. The van der Waals surface area contributed by atoms with Crippen LogP contribution in [0.1, 0.15) is 41.2 Å². The molecule has 3 aromatic rings. The molecule has 1 aromatic heterocycles. The lowest BCUT2D eigenvalue weighted by Crippen LogP contribution is -2.49. The minimum Gasteiger partial charge on any atom is -0.496 e. The number of nitrogens with one attached hydrogen (secondary N) is 3. The van der Waals surface area contributed by atoms with Crippen LogP contribution >= 0.6 is 0 Å². The molecular formula is C26H28N4O4. The lowest BCUT2D eigenvalue weighted by molar-refractivity contribution is -0.132. The first-order valence-electron chi connectivity index (χ1n) is 11.6. The third-order valence-corrected chi connectivity index (χ3v) is 6.85. The molecule has 176 valence electrons. The van der Waals surface area contributed by atoms with E-state index in [9.17, 15) is 14.4 Å². The Morgan fingerprint density at radius 2 is 1.97 bits per heavy atom. The van der Waals surface area contributed by atoms with Gasteiger partial charge in [0.15, 0.2) is 0 Å². The van der Waals surface area contributed by atoms with Crippen LogP contribution in [-0.2, 0) is 9.59 Å². The number of hydrogen-bond donors (Lipinski definition) is 3. The molecule has 1 aliphatic carbocycles. The Kier molecular flexibility index (Phi) is 5.96. The number of likely N-dealkylation sites (tertiary alicyclic amines) is 1. The number of methoxy groups -OCH3 is 1. The molecule has 1 aliphatic heterocycles. The number of ether oxygens (including phenoxy) is 1. The Bertz CT molecular complexity index is 1230. The van der Waals surface area contributed by atoms with Crippen molar-refractivity contribution in [2.45, 2.75) is 31.2 Å². The second kappa shape index (κ2) is 9.21. The van der Waals surface area contributed by atoms with Crippen LogP contribution in [0.15, 0.2) is 48.5 Å². The summed E-state index contributed by atoms with van der Waals surface area (Å²) in [6, 6.07) is 14.5. The Balaban J connectivity index is 1.30. The molecule has 1 saturated heterocycles. The highest BCUT2D eigenvalue weighted by molar-refractivity contribution is 6.01. The van der Waals surface area contributed by atoms with Crippen LogP contribution in [0.5, 0.6) is 5.75 Å². The zero-order chi connectivity index (χ0) is 23.7. The number of amides is 3. The number of carbonyl (C=O) groups excluding carboxylic acids is 3. The molecule has 1 saturated carbocycles. The van der Waals surface area contributed by atoms with Gasteiger partial charge < -0.3 is 25.3 Å². The van der Waals surface area contributed by atoms with Gasteiger partial charge in [-0.25, -0.2) is 0 Å². The number of nitrogens with zero attached hydrogens (tertiary/aromatic N) is 1. The Morgan fingerprint density at radius 3 is 2.74 bits per heavy atom. The Morgan fingerprint density at radius 1 is 1.15 bits per heavy atom. The third-order valence-electron chi connectivity index (χ3n) is 6.85. The van der Waals surface area contributed by atoms with Crippen LogP contribution in [0, 0.1) is 5.92 Å². The molecule has 34 heavy (non-hydrogen) atoms. The number of aromatic nitrogens is 1. The summed E-state index contributed by atoms with van der Waals surface area (Å²) in [5.41, 5.74) is 3.02. The second-order valence-electron chi connectivity index (χ2n) is 9.01. The minimum atomic E-state index is -0.539. The van der Waals surface area contributed by atoms with Crippen molar-refractivity contribution in [2.24, 2.45) is 5.92 Å². The first kappa shape index (κ1) is 22.0. The number of carbonyl (C=O) groups is 3. The quantitative estimate of drug-likeness (QED) is 0.449. The first-order chi connectivity index (χ1) is 16.6. The maximum atomic E-state index is 13.5. The predicted molar refractivity (Wildman–Crippen MR) is 129 cm³/mol. The van der Waals surface area contributed by atoms with Gasteiger partial charge in [-0.15, -0.1) is 0 Å². The Labute approximate surface area is 197 Å². The highest BCUT2D eigenvalue weighted by Crippen LogP contribution is 2.37. The van der Waals surface area contributed by atoms with E-state index < -0.39 is 6.04 Å². The fourth-order valence-electron chi connectivity index (χ4n) is 4.92. The van der Waals surface area contributed by atoms with Gasteiger partial charge in [-0.1, -0.05) is 24.3 Å². The molecule has 2 aromatic carbocycles. The molecule has 2 aliphatic rings. The number of H-pyrrole nitrogens is 1. The van der Waals surface area contributed by atoms with Crippen molar-refractivity contribution < 1.29 is 19.1 Å². The van der Waals surface area contributed by atoms with Crippen LogP contribution in [0.2, 0.25) is 0 Å². The fourth-order valence-corrected chi connectivity index (χ4v) is 4.92. The van der Waals surface area contributed by atoms with Crippen molar-refractivity contribution in [1.29, 1.82) is 0 Å². The highest BCUT2D eigenvalue weighted by atomic mass is 16.5. The number of benzene rings is 2. The molecule has 8 nitrogen and oxygen atoms in total. The van der Waals surface area contributed by atoms with Crippen LogP contribution in [0.3, 0.4) is 0 Å². The predicted octanol–water partition coefficient (Wildman–Crippen LogP) is 3.27. The fraction of sp³-hybridized carbons (Fsp3) is 0.346. The van der Waals surface area contributed by atoms with E-state index in [-0.39, 0.29) is 23.7 Å². The zero-order valence-corrected chi connectivity index (χ0v) is 19.0. The molecular weight excluding hydrogens is 432 g/mol. The van der Waals surface area contributed by atoms with E-state index in [1.54, 1.807) is 13.2 Å². The van der Waals surface area contributed by atoms with Crippen LogP contribution in [-0.4, -0.2) is 54.3 Å². The normalized spacial score (nSPS) is 18.5. The molecule has 8 heteroatoms. The van der Waals surface area contributed by atoms with Crippen molar-refractivity contribution in [3.8, 4) is 5.75 Å². The topological polar surface area (TPSA) is 104 Å². The lowest BCUT2D eigenvalue weighted by atomic mass is 9.96. The molecule has 3 amide bonds. The SMILES string of the molecule is COc1cccc2[nH]c(C(=O)NC(C(=O)N3CCC(c4ccccc4NC=O)C3)C3CC3)cc12. The summed E-state index contributed by atoms with van der Waals surface area (Å²) < 4.78 is 5.39. The number of aromatic amines is 1. The van der Waals surface area contributed by atoms with Gasteiger partial charge in [0.2, 0.25) is 12.3 Å². The summed E-state index contributed by atoms with van der Waals surface area (Å²) in [5, 5.41) is 6.58. The molecule has 5 rings (SSSR count). The number of hydrogen-bond acceptors (Lipinski definition) is 4. The zero-order valence-electron chi connectivity index (χ0n) is 19.0. The molecule has 0 radical (unpaired) electrons. The molecule has 0 bridgehead atoms. The average molecular weight is 461 g/mol. The van der Waals surface area contributed by atoms with E-state index in [2.05, 4.69) is 15.6 Å². The van der Waals surface area contributed by atoms with Crippen molar-refractivity contribution in [3.63, 3.8) is 0 Å². The maximum Gasteiger partial charge on any atom is 0.268 e. The second-order valence-corrected chi connectivity index (χ2v) is 9.01. The van der Waals surface area contributed by atoms with E-state index in [1.807, 2.05) is 47.4 Å². The van der Waals surface area contributed by atoms with Crippen molar-refractivity contribution >= 4 is 34.8 Å². The van der Waals surface area contributed by atoms with Crippen molar-refractivity contribution in [2.75, 3.05) is 25.5 Å². The van der Waals surface area contributed by atoms with E-state index in [0.717, 1.165) is 41.4 Å². The summed E-state index contributed by atoms with van der Waals surface area (Å²) in [5.74, 6) is 0.672. The molecule has 2 heterocycles. The van der Waals surface area contributed by atoms with E-state index in [4.69, 9.17) is 4.74 Å². The van der Waals surface area contributed by atoms with Gasteiger partial charge in [-0.05, 0) is 55.0 Å². The standard InChI is InChI=1S/C26H28N4O4/c1-34-23-8-4-7-21-19(23)13-22(28-21)25(32)29-24(16-9-10-16)26(33)30-12-11-17(14-30)18-5-2-3-6-20(18)27-15-31/h2-8,13,15-17,24,28H,9-12,14H2,1H3,(H,27,31)(H,29,32). The van der Waals surface area contributed by atoms with Gasteiger partial charge in [0.1, 0.15) is 17.5 Å². The van der Waals surface area contributed by atoms with Gasteiger partial charge >= 0.3 is 0 Å². The third kappa shape index (κ3) is 4.23. The summed E-state index contributed by atoms with van der Waals surface area (Å²) in [7, 11) is 1.60. The van der Waals surface area contributed by atoms with Gasteiger partial charge in [0.25, 0.3) is 5.91 Å². The van der Waals surface area contributed by atoms with Gasteiger partial charge in [-0.2, -0.15) is 0 Å². The van der Waals surface area contributed by atoms with Crippen molar-refractivity contribution in [3.05, 3.63) is 59.8 Å². The first-order valence-corrected chi connectivity index (χ1v) is 11.6. The van der Waals surface area contributed by atoms with Gasteiger partial charge in [0.05, 0.1) is 7.11 Å². The molecule has 3 N–H and O–H groups in total. The van der Waals surface area contributed by atoms with Crippen LogP contribution in [0.25, 0.3) is 10.9 Å². The summed E-state index contributed by atoms with van der Waals surface area (Å²) >= 11 is 0. The lowest BCUT2D eigenvalue weighted by Gasteiger charge is -2.24. The van der Waals surface area contributed by atoms with Crippen LogP contribution in [0.4, 0.5) is 5.69 Å². The van der Waals surface area contributed by atoms with E-state index >= 15 is 0 Å². The molecule has 0 spiro atoms. The van der Waals surface area contributed by atoms with Gasteiger partial charge in [-0.3, -0.25) is 14.4 Å². The number of rotatable bonds is 8. The molecule has 2 unspecified atom stereocenters. The van der Waals surface area contributed by atoms with E-state index in [0.29, 0.717) is 30.9 Å². The van der Waals surface area contributed by atoms with Crippen LogP contribution < -0.4 is 15.4 Å². The molecule has 2 atom stereocenters. The van der Waals surface area contributed by atoms with Crippen molar-refractivity contribution in [1.82, 2.24) is 15.2 Å². The summed E-state index contributed by atoms with van der Waals surface area (Å²) in [4.78, 5) is 42.5. The average Bonchev–Trinajstić information content (AvgIpc) is 3.40. The maximum absolute atomic E-state index is 13.5. The largest absolute Gasteiger partial charge is 0.496 e. The Hall–Kier alpha value is -3.81. The van der Waals surface area contributed by atoms with E-state index in [1.165, 1.54) is 0 Å². The minimum absolute atomic E-state index is 0.0344. The number of fused-ring (bicyclic) bond motifs is 1. The van der Waals surface area contributed by atoms with Gasteiger partial charge in [0, 0.05) is 35.6 Å². The number of anilines is 1.